The Bertz CT molecular complexity index is 326. The minimum atomic E-state index is 0.201. The van der Waals surface area contributed by atoms with Crippen LogP contribution < -0.4 is 11.3 Å². The van der Waals surface area contributed by atoms with Crippen LogP contribution in [0.4, 0.5) is 0 Å². The lowest BCUT2D eigenvalue weighted by Gasteiger charge is -2.19. The fourth-order valence-corrected chi connectivity index (χ4v) is 2.86. The first-order chi connectivity index (χ1) is 7.04. The lowest BCUT2D eigenvalue weighted by atomic mass is 9.98. The number of nitrogens with two attached hydrogens (primary N) is 1. The Balaban J connectivity index is 2.91. The van der Waals surface area contributed by atoms with Crippen molar-refractivity contribution in [2.45, 2.75) is 26.3 Å². The Hall–Kier alpha value is 0.1000. The summed E-state index contributed by atoms with van der Waals surface area (Å²) in [4.78, 5) is 0. The van der Waals surface area contributed by atoms with Crippen LogP contribution in [0.25, 0.3) is 0 Å². The van der Waals surface area contributed by atoms with Gasteiger partial charge in [-0.05, 0) is 30.0 Å². The summed E-state index contributed by atoms with van der Waals surface area (Å²) >= 11 is 6.99. The molecule has 0 heterocycles. The summed E-state index contributed by atoms with van der Waals surface area (Å²) in [5, 5.41) is 0. The normalized spacial score (nSPS) is 13.2. The monoisotopic (exact) mass is 334 g/mol. The Kier molecular flexibility index (Phi) is 5.26. The minimum absolute atomic E-state index is 0.201. The van der Waals surface area contributed by atoms with E-state index in [1.165, 1.54) is 5.56 Å². The Labute approximate surface area is 108 Å². The number of hydrogen-bond donors (Lipinski definition) is 2. The molecule has 0 fully saturated rings. The first kappa shape index (κ1) is 13.2. The van der Waals surface area contributed by atoms with Crippen LogP contribution in [-0.4, -0.2) is 0 Å². The Morgan fingerprint density at radius 3 is 2.47 bits per heavy atom. The molecule has 1 aromatic rings. The van der Waals surface area contributed by atoms with Gasteiger partial charge in [0.1, 0.15) is 0 Å². The zero-order valence-corrected chi connectivity index (χ0v) is 12.1. The number of nitrogens with one attached hydrogen (secondary N) is 1. The van der Waals surface area contributed by atoms with E-state index in [1.54, 1.807) is 0 Å². The summed E-state index contributed by atoms with van der Waals surface area (Å²) in [6.45, 7) is 4.38. The third-order valence-electron chi connectivity index (χ3n) is 2.25. The standard InChI is InChI=1S/C11H16Br2N2/c1-7(2)5-11(15-14)9-4-3-8(12)6-10(9)13/h3-4,6-7,11,15H,5,14H2,1-2H3. The van der Waals surface area contributed by atoms with E-state index < -0.39 is 0 Å². The molecular formula is C11H16Br2N2. The lowest BCUT2D eigenvalue weighted by Crippen LogP contribution is -2.29. The van der Waals surface area contributed by atoms with Crippen molar-refractivity contribution >= 4 is 31.9 Å². The van der Waals surface area contributed by atoms with Gasteiger partial charge < -0.3 is 0 Å². The van der Waals surface area contributed by atoms with Crippen LogP contribution in [0.5, 0.6) is 0 Å². The number of hydrogen-bond acceptors (Lipinski definition) is 2. The average molecular weight is 336 g/mol. The second kappa shape index (κ2) is 5.99. The van der Waals surface area contributed by atoms with E-state index in [0.29, 0.717) is 5.92 Å². The molecule has 0 saturated heterocycles. The van der Waals surface area contributed by atoms with Gasteiger partial charge in [-0.15, -0.1) is 0 Å². The molecule has 0 amide bonds. The van der Waals surface area contributed by atoms with Crippen molar-refractivity contribution in [2.75, 3.05) is 0 Å². The Morgan fingerprint density at radius 1 is 1.33 bits per heavy atom. The fourth-order valence-electron chi connectivity index (χ4n) is 1.54. The van der Waals surface area contributed by atoms with Crippen molar-refractivity contribution in [1.29, 1.82) is 0 Å². The SMILES string of the molecule is CC(C)CC(NN)c1ccc(Br)cc1Br. The molecule has 1 atom stereocenters. The van der Waals surface area contributed by atoms with Crippen LogP contribution in [0.1, 0.15) is 31.9 Å². The van der Waals surface area contributed by atoms with Gasteiger partial charge in [-0.3, -0.25) is 11.3 Å². The van der Waals surface area contributed by atoms with Gasteiger partial charge in [-0.25, -0.2) is 0 Å². The molecule has 0 spiro atoms. The van der Waals surface area contributed by atoms with Crippen molar-refractivity contribution in [2.24, 2.45) is 11.8 Å². The van der Waals surface area contributed by atoms with Gasteiger partial charge in [0.25, 0.3) is 0 Å². The van der Waals surface area contributed by atoms with Crippen LogP contribution in [0.2, 0.25) is 0 Å². The van der Waals surface area contributed by atoms with Gasteiger partial charge in [-0.1, -0.05) is 51.8 Å². The fraction of sp³-hybridized carbons (Fsp3) is 0.455. The highest BCUT2D eigenvalue weighted by atomic mass is 79.9. The first-order valence-electron chi connectivity index (χ1n) is 4.95. The zero-order valence-electron chi connectivity index (χ0n) is 8.93. The van der Waals surface area contributed by atoms with E-state index in [1.807, 2.05) is 12.1 Å². The summed E-state index contributed by atoms with van der Waals surface area (Å²) in [6.07, 6.45) is 1.02. The van der Waals surface area contributed by atoms with Crippen LogP contribution in [0.15, 0.2) is 27.1 Å². The quantitative estimate of drug-likeness (QED) is 0.649. The van der Waals surface area contributed by atoms with Gasteiger partial charge in [0, 0.05) is 15.0 Å². The summed E-state index contributed by atoms with van der Waals surface area (Å²) in [5.74, 6) is 6.19. The van der Waals surface area contributed by atoms with Crippen molar-refractivity contribution in [3.8, 4) is 0 Å². The molecule has 0 saturated carbocycles. The molecule has 0 aliphatic carbocycles. The smallest absolute Gasteiger partial charge is 0.0473 e. The minimum Gasteiger partial charge on any atom is -0.271 e. The maximum atomic E-state index is 5.58. The van der Waals surface area contributed by atoms with Crippen molar-refractivity contribution < 1.29 is 0 Å². The largest absolute Gasteiger partial charge is 0.271 e. The van der Waals surface area contributed by atoms with E-state index in [9.17, 15) is 0 Å². The lowest BCUT2D eigenvalue weighted by molar-refractivity contribution is 0.437. The summed E-state index contributed by atoms with van der Waals surface area (Å²) < 4.78 is 2.15. The molecule has 0 bridgehead atoms. The molecule has 4 heteroatoms. The van der Waals surface area contributed by atoms with Gasteiger partial charge in [0.2, 0.25) is 0 Å². The number of benzene rings is 1. The molecular weight excluding hydrogens is 320 g/mol. The van der Waals surface area contributed by atoms with E-state index in [4.69, 9.17) is 5.84 Å². The average Bonchev–Trinajstić information content (AvgIpc) is 2.14. The molecule has 0 radical (unpaired) electrons. The summed E-state index contributed by atoms with van der Waals surface area (Å²) in [5.41, 5.74) is 4.07. The highest BCUT2D eigenvalue weighted by Gasteiger charge is 2.14. The maximum Gasteiger partial charge on any atom is 0.0473 e. The number of rotatable bonds is 4. The van der Waals surface area contributed by atoms with Gasteiger partial charge >= 0.3 is 0 Å². The third-order valence-corrected chi connectivity index (χ3v) is 3.43. The molecule has 3 N–H and O–H groups in total. The van der Waals surface area contributed by atoms with E-state index in [2.05, 4.69) is 57.2 Å². The van der Waals surface area contributed by atoms with E-state index in [-0.39, 0.29) is 6.04 Å². The third kappa shape index (κ3) is 3.87. The molecule has 15 heavy (non-hydrogen) atoms. The van der Waals surface area contributed by atoms with E-state index in [0.717, 1.165) is 15.4 Å². The molecule has 1 unspecified atom stereocenters. The number of hydrazine groups is 1. The van der Waals surface area contributed by atoms with Crippen molar-refractivity contribution in [1.82, 2.24) is 5.43 Å². The molecule has 1 rings (SSSR count). The van der Waals surface area contributed by atoms with Crippen molar-refractivity contribution in [3.63, 3.8) is 0 Å². The molecule has 0 aliphatic heterocycles. The second-order valence-electron chi connectivity index (χ2n) is 4.01. The number of halogens is 2. The second-order valence-corrected chi connectivity index (χ2v) is 5.78. The van der Waals surface area contributed by atoms with Gasteiger partial charge in [0.05, 0.1) is 0 Å². The molecule has 0 aliphatic rings. The highest BCUT2D eigenvalue weighted by Crippen LogP contribution is 2.29. The van der Waals surface area contributed by atoms with E-state index >= 15 is 0 Å². The molecule has 0 aromatic heterocycles. The predicted molar refractivity (Wildman–Crippen MR) is 71.4 cm³/mol. The maximum absolute atomic E-state index is 5.58. The van der Waals surface area contributed by atoms with Crippen molar-refractivity contribution in [3.05, 3.63) is 32.7 Å². The topological polar surface area (TPSA) is 38.0 Å². The highest BCUT2D eigenvalue weighted by molar-refractivity contribution is 9.11. The van der Waals surface area contributed by atoms with Crippen LogP contribution >= 0.6 is 31.9 Å². The Morgan fingerprint density at radius 2 is 2.00 bits per heavy atom. The zero-order chi connectivity index (χ0) is 11.4. The summed E-state index contributed by atoms with van der Waals surface area (Å²) in [7, 11) is 0. The molecule has 2 nitrogen and oxygen atoms in total. The summed E-state index contributed by atoms with van der Waals surface area (Å²) in [6, 6.07) is 6.36. The first-order valence-corrected chi connectivity index (χ1v) is 6.54. The van der Waals surface area contributed by atoms with Crippen LogP contribution in [0.3, 0.4) is 0 Å². The van der Waals surface area contributed by atoms with Gasteiger partial charge in [0.15, 0.2) is 0 Å². The molecule has 84 valence electrons. The van der Waals surface area contributed by atoms with Crippen LogP contribution in [0, 0.1) is 5.92 Å². The molecule has 1 aromatic carbocycles. The predicted octanol–water partition coefficient (Wildman–Crippen LogP) is 3.76. The van der Waals surface area contributed by atoms with Crippen LogP contribution in [-0.2, 0) is 0 Å². The van der Waals surface area contributed by atoms with Gasteiger partial charge in [-0.2, -0.15) is 0 Å².